The summed E-state index contributed by atoms with van der Waals surface area (Å²) in [4.78, 5) is 10.6. The lowest BCUT2D eigenvalue weighted by atomic mass is 10.1. The van der Waals surface area contributed by atoms with Gasteiger partial charge in [0, 0.05) is 12.1 Å². The van der Waals surface area contributed by atoms with Gasteiger partial charge in [-0.1, -0.05) is 6.07 Å². The van der Waals surface area contributed by atoms with E-state index in [9.17, 15) is 4.79 Å². The number of carbonyl (C=O) groups is 1. The minimum Gasteiger partial charge on any atom is -0.366 e. The van der Waals surface area contributed by atoms with Crippen LogP contribution in [0.1, 0.15) is 15.9 Å². The molecule has 0 atom stereocenters. The van der Waals surface area contributed by atoms with E-state index in [2.05, 4.69) is 6.07 Å². The highest BCUT2D eigenvalue weighted by Gasteiger charge is 1.98. The van der Waals surface area contributed by atoms with Crippen LogP contribution in [0, 0.1) is 6.07 Å². The maximum atomic E-state index is 10.6. The highest BCUT2D eigenvalue weighted by Crippen LogP contribution is 2.01. The van der Waals surface area contributed by atoms with E-state index in [0.29, 0.717) is 12.1 Å². The third-order valence-corrected chi connectivity index (χ3v) is 1.38. The van der Waals surface area contributed by atoms with Crippen molar-refractivity contribution in [3.63, 3.8) is 0 Å². The van der Waals surface area contributed by atoms with Crippen LogP contribution in [0.5, 0.6) is 0 Å². The lowest BCUT2D eigenvalue weighted by molar-refractivity contribution is 0.1000. The summed E-state index contributed by atoms with van der Waals surface area (Å²) in [5.41, 5.74) is 11.7. The molecule has 1 aromatic carbocycles. The molecule has 3 nitrogen and oxygen atoms in total. The lowest BCUT2D eigenvalue weighted by Crippen LogP contribution is -2.11. The van der Waals surface area contributed by atoms with Gasteiger partial charge in [0.05, 0.1) is 0 Å². The zero-order valence-corrected chi connectivity index (χ0v) is 6.00. The van der Waals surface area contributed by atoms with Crippen molar-refractivity contribution >= 4 is 5.91 Å². The Kier molecular flexibility index (Phi) is 2.23. The van der Waals surface area contributed by atoms with Crippen LogP contribution in [0.15, 0.2) is 18.2 Å². The van der Waals surface area contributed by atoms with Crippen molar-refractivity contribution < 1.29 is 4.79 Å². The van der Waals surface area contributed by atoms with Gasteiger partial charge in [-0.2, -0.15) is 0 Å². The first-order chi connectivity index (χ1) is 5.24. The molecule has 0 heterocycles. The SMILES string of the molecule is NCc1c[c]c(C(N)=O)cc1. The summed E-state index contributed by atoms with van der Waals surface area (Å²) >= 11 is 0. The molecule has 1 amide bonds. The molecule has 1 aromatic rings. The minimum absolute atomic E-state index is 0.391. The molecule has 0 saturated heterocycles. The monoisotopic (exact) mass is 149 g/mol. The molecule has 0 aliphatic rings. The van der Waals surface area contributed by atoms with Gasteiger partial charge in [-0.15, -0.1) is 0 Å². The number of primary amides is 1. The molecule has 0 aliphatic carbocycles. The number of nitrogens with two attached hydrogens (primary N) is 2. The van der Waals surface area contributed by atoms with Crippen molar-refractivity contribution in [3.8, 4) is 0 Å². The second-order valence-electron chi connectivity index (χ2n) is 2.18. The number of benzene rings is 1. The molecule has 1 radical (unpaired) electrons. The first-order valence-corrected chi connectivity index (χ1v) is 3.24. The summed E-state index contributed by atoms with van der Waals surface area (Å²) in [6.45, 7) is 0.454. The van der Waals surface area contributed by atoms with Gasteiger partial charge in [-0.3, -0.25) is 4.79 Å². The zero-order valence-electron chi connectivity index (χ0n) is 6.00. The second kappa shape index (κ2) is 3.16. The topological polar surface area (TPSA) is 69.1 Å². The Labute approximate surface area is 65.0 Å². The van der Waals surface area contributed by atoms with Gasteiger partial charge >= 0.3 is 0 Å². The molecule has 0 spiro atoms. The van der Waals surface area contributed by atoms with E-state index in [1.807, 2.05) is 0 Å². The van der Waals surface area contributed by atoms with Crippen LogP contribution in [-0.2, 0) is 6.54 Å². The molecule has 57 valence electrons. The Morgan fingerprint density at radius 2 is 2.27 bits per heavy atom. The molecule has 11 heavy (non-hydrogen) atoms. The number of carbonyl (C=O) groups excluding carboxylic acids is 1. The van der Waals surface area contributed by atoms with Crippen LogP contribution in [-0.4, -0.2) is 5.91 Å². The zero-order chi connectivity index (χ0) is 8.27. The summed E-state index contributed by atoms with van der Waals surface area (Å²) < 4.78 is 0. The average Bonchev–Trinajstić information content (AvgIpc) is 2.05. The molecule has 0 fully saturated rings. The fourth-order valence-electron chi connectivity index (χ4n) is 0.737. The summed E-state index contributed by atoms with van der Waals surface area (Å²) in [6.07, 6.45) is 0. The van der Waals surface area contributed by atoms with E-state index >= 15 is 0 Å². The Balaban J connectivity index is 2.91. The summed E-state index contributed by atoms with van der Waals surface area (Å²) in [7, 11) is 0. The predicted octanol–water partition coefficient (Wildman–Crippen LogP) is 0.0444. The molecule has 3 heteroatoms. The van der Waals surface area contributed by atoms with Gasteiger partial charge in [0.2, 0.25) is 5.91 Å². The Morgan fingerprint density at radius 1 is 1.55 bits per heavy atom. The molecule has 0 aromatic heterocycles. The van der Waals surface area contributed by atoms with Crippen molar-refractivity contribution in [1.29, 1.82) is 0 Å². The number of hydrogen-bond acceptors (Lipinski definition) is 2. The molecule has 1 rings (SSSR count). The Morgan fingerprint density at radius 3 is 2.64 bits per heavy atom. The van der Waals surface area contributed by atoms with Gasteiger partial charge in [-0.25, -0.2) is 0 Å². The van der Waals surface area contributed by atoms with Gasteiger partial charge in [0.1, 0.15) is 0 Å². The van der Waals surface area contributed by atoms with Crippen molar-refractivity contribution in [2.75, 3.05) is 0 Å². The van der Waals surface area contributed by atoms with Gasteiger partial charge < -0.3 is 11.5 Å². The van der Waals surface area contributed by atoms with E-state index in [1.54, 1.807) is 18.2 Å². The van der Waals surface area contributed by atoms with E-state index in [-0.39, 0.29) is 0 Å². The van der Waals surface area contributed by atoms with Crippen LogP contribution in [0.3, 0.4) is 0 Å². The van der Waals surface area contributed by atoms with Crippen LogP contribution in [0.2, 0.25) is 0 Å². The van der Waals surface area contributed by atoms with Crippen LogP contribution < -0.4 is 11.5 Å². The predicted molar refractivity (Wildman–Crippen MR) is 41.7 cm³/mol. The van der Waals surface area contributed by atoms with Crippen molar-refractivity contribution in [3.05, 3.63) is 35.4 Å². The number of rotatable bonds is 2. The molecule has 0 unspecified atom stereocenters. The maximum absolute atomic E-state index is 10.6. The third kappa shape index (κ3) is 1.78. The van der Waals surface area contributed by atoms with Gasteiger partial charge in [0.25, 0.3) is 0 Å². The smallest absolute Gasteiger partial charge is 0.249 e. The number of hydrogen-bond donors (Lipinski definition) is 2. The molecule has 0 aliphatic heterocycles. The van der Waals surface area contributed by atoms with Crippen molar-refractivity contribution in [2.24, 2.45) is 11.5 Å². The van der Waals surface area contributed by atoms with Crippen molar-refractivity contribution in [1.82, 2.24) is 0 Å². The standard InChI is InChI=1S/C8H9N2O/c9-5-6-1-3-7(4-2-6)8(10)11/h1-3H,5,9H2,(H2,10,11). The molecule has 4 N–H and O–H groups in total. The third-order valence-electron chi connectivity index (χ3n) is 1.38. The van der Waals surface area contributed by atoms with E-state index in [1.165, 1.54) is 0 Å². The van der Waals surface area contributed by atoms with E-state index in [0.717, 1.165) is 5.56 Å². The first kappa shape index (κ1) is 7.75. The summed E-state index contributed by atoms with van der Waals surface area (Å²) in [5.74, 6) is -0.464. The molecule has 0 saturated carbocycles. The average molecular weight is 149 g/mol. The van der Waals surface area contributed by atoms with E-state index < -0.39 is 5.91 Å². The van der Waals surface area contributed by atoms with Gasteiger partial charge in [-0.05, 0) is 23.8 Å². The molecular weight excluding hydrogens is 140 g/mol. The summed E-state index contributed by atoms with van der Waals surface area (Å²) in [6, 6.07) is 7.78. The largest absolute Gasteiger partial charge is 0.366 e. The Bertz CT molecular complexity index is 253. The first-order valence-electron chi connectivity index (χ1n) is 3.24. The second-order valence-corrected chi connectivity index (χ2v) is 2.18. The number of amides is 1. The Hall–Kier alpha value is -1.35. The highest BCUT2D eigenvalue weighted by atomic mass is 16.1. The fraction of sp³-hybridized carbons (Fsp3) is 0.125. The van der Waals surface area contributed by atoms with Crippen LogP contribution in [0.25, 0.3) is 0 Å². The van der Waals surface area contributed by atoms with Gasteiger partial charge in [0.15, 0.2) is 0 Å². The molecule has 0 bridgehead atoms. The minimum atomic E-state index is -0.464. The normalized spacial score (nSPS) is 9.55. The van der Waals surface area contributed by atoms with Crippen LogP contribution >= 0.6 is 0 Å². The lowest BCUT2D eigenvalue weighted by Gasteiger charge is -1.96. The van der Waals surface area contributed by atoms with E-state index in [4.69, 9.17) is 11.5 Å². The van der Waals surface area contributed by atoms with Crippen LogP contribution in [0.4, 0.5) is 0 Å². The fourth-order valence-corrected chi connectivity index (χ4v) is 0.737. The quantitative estimate of drug-likeness (QED) is 0.623. The highest BCUT2D eigenvalue weighted by molar-refractivity contribution is 5.92. The maximum Gasteiger partial charge on any atom is 0.249 e. The summed E-state index contributed by atoms with van der Waals surface area (Å²) in [5, 5.41) is 0. The van der Waals surface area contributed by atoms with Crippen molar-refractivity contribution in [2.45, 2.75) is 6.54 Å². The molecular formula is C8H9N2O.